The molecule has 0 amide bonds. The van der Waals surface area contributed by atoms with Crippen molar-refractivity contribution in [2.75, 3.05) is 26.7 Å². The van der Waals surface area contributed by atoms with E-state index in [-0.39, 0.29) is 0 Å². The Morgan fingerprint density at radius 2 is 2.18 bits per heavy atom. The molecule has 0 saturated carbocycles. The average molecular weight is 234 g/mol. The van der Waals surface area contributed by atoms with Gasteiger partial charge >= 0.3 is 0 Å². The highest BCUT2D eigenvalue weighted by Crippen LogP contribution is 2.12. The molecule has 2 rings (SSSR count). The topological polar surface area (TPSA) is 24.5 Å². The predicted molar refractivity (Wildman–Crippen MR) is 70.0 cm³/mol. The highest BCUT2D eigenvalue weighted by atomic mass is 16.5. The summed E-state index contributed by atoms with van der Waals surface area (Å²) < 4.78 is 5.79. The van der Waals surface area contributed by atoms with Crippen molar-refractivity contribution < 1.29 is 4.74 Å². The SMILES string of the molecule is CN[C@@H](C)[C@@H]1CN(Cc2ccccc2)CCO1. The molecule has 0 aromatic heterocycles. The van der Waals surface area contributed by atoms with E-state index in [1.807, 2.05) is 7.05 Å². The second-order valence-electron chi connectivity index (χ2n) is 4.71. The van der Waals surface area contributed by atoms with Gasteiger partial charge in [0.2, 0.25) is 0 Å². The third-order valence-electron chi connectivity index (χ3n) is 3.44. The summed E-state index contributed by atoms with van der Waals surface area (Å²) in [6, 6.07) is 11.0. The van der Waals surface area contributed by atoms with Gasteiger partial charge in [-0.2, -0.15) is 0 Å². The molecule has 3 heteroatoms. The standard InChI is InChI=1S/C14H22N2O/c1-12(15-2)14-11-16(8-9-17-14)10-13-6-4-3-5-7-13/h3-7,12,14-15H,8-11H2,1-2H3/t12-,14-/m0/s1. The van der Waals surface area contributed by atoms with Crippen molar-refractivity contribution in [1.29, 1.82) is 0 Å². The number of likely N-dealkylation sites (N-methyl/N-ethyl adjacent to an activating group) is 1. The van der Waals surface area contributed by atoms with Crippen molar-refractivity contribution in [2.45, 2.75) is 25.6 Å². The van der Waals surface area contributed by atoms with Crippen molar-refractivity contribution in [1.82, 2.24) is 10.2 Å². The molecular weight excluding hydrogens is 212 g/mol. The van der Waals surface area contributed by atoms with Gasteiger partial charge in [0.25, 0.3) is 0 Å². The first-order valence-corrected chi connectivity index (χ1v) is 6.34. The van der Waals surface area contributed by atoms with Crippen molar-refractivity contribution in [3.63, 3.8) is 0 Å². The summed E-state index contributed by atoms with van der Waals surface area (Å²) in [6.07, 6.45) is 0.303. The second kappa shape index (κ2) is 6.15. The molecule has 1 aromatic carbocycles. The normalized spacial score (nSPS) is 23.5. The van der Waals surface area contributed by atoms with Gasteiger partial charge in [-0.25, -0.2) is 0 Å². The minimum atomic E-state index is 0.303. The fourth-order valence-corrected chi connectivity index (χ4v) is 2.21. The lowest BCUT2D eigenvalue weighted by Gasteiger charge is -2.35. The number of benzene rings is 1. The van der Waals surface area contributed by atoms with Gasteiger partial charge in [-0.1, -0.05) is 30.3 Å². The van der Waals surface area contributed by atoms with Crippen molar-refractivity contribution in [3.8, 4) is 0 Å². The maximum Gasteiger partial charge on any atom is 0.0852 e. The summed E-state index contributed by atoms with van der Waals surface area (Å²) in [5, 5.41) is 3.27. The summed E-state index contributed by atoms with van der Waals surface area (Å²) >= 11 is 0. The highest BCUT2D eigenvalue weighted by Gasteiger charge is 2.24. The van der Waals surface area contributed by atoms with Gasteiger partial charge in [0, 0.05) is 25.7 Å². The summed E-state index contributed by atoms with van der Waals surface area (Å²) in [5.41, 5.74) is 1.38. The molecule has 1 N–H and O–H groups in total. The minimum absolute atomic E-state index is 0.303. The van der Waals surface area contributed by atoms with Crippen LogP contribution in [0.4, 0.5) is 0 Å². The molecule has 0 radical (unpaired) electrons. The van der Waals surface area contributed by atoms with Crippen LogP contribution in [0.5, 0.6) is 0 Å². The molecule has 1 aromatic rings. The van der Waals surface area contributed by atoms with Crippen LogP contribution >= 0.6 is 0 Å². The predicted octanol–water partition coefficient (Wildman–Crippen LogP) is 1.50. The molecule has 17 heavy (non-hydrogen) atoms. The zero-order valence-electron chi connectivity index (χ0n) is 10.7. The Kier molecular flexibility index (Phi) is 4.54. The number of ether oxygens (including phenoxy) is 1. The lowest BCUT2D eigenvalue weighted by Crippen LogP contribution is -2.50. The Balaban J connectivity index is 1.89. The molecule has 1 fully saturated rings. The quantitative estimate of drug-likeness (QED) is 0.854. The number of nitrogens with zero attached hydrogens (tertiary/aromatic N) is 1. The van der Waals surface area contributed by atoms with Gasteiger partial charge in [-0.05, 0) is 19.5 Å². The lowest BCUT2D eigenvalue weighted by molar-refractivity contribution is -0.0449. The zero-order chi connectivity index (χ0) is 12.1. The number of hydrogen-bond acceptors (Lipinski definition) is 3. The summed E-state index contributed by atoms with van der Waals surface area (Å²) in [5.74, 6) is 0. The third kappa shape index (κ3) is 3.53. The molecule has 1 aliphatic rings. The molecule has 1 heterocycles. The molecule has 0 spiro atoms. The maximum absolute atomic E-state index is 5.79. The van der Waals surface area contributed by atoms with Gasteiger partial charge in [-0.15, -0.1) is 0 Å². The van der Waals surface area contributed by atoms with Crippen LogP contribution in [-0.4, -0.2) is 43.8 Å². The lowest BCUT2D eigenvalue weighted by atomic mass is 10.1. The van der Waals surface area contributed by atoms with Gasteiger partial charge in [0.05, 0.1) is 12.7 Å². The Hall–Kier alpha value is -0.900. The van der Waals surface area contributed by atoms with E-state index in [2.05, 4.69) is 47.5 Å². The Morgan fingerprint density at radius 3 is 2.88 bits per heavy atom. The van der Waals surface area contributed by atoms with Gasteiger partial charge in [0.15, 0.2) is 0 Å². The summed E-state index contributed by atoms with van der Waals surface area (Å²) in [7, 11) is 1.99. The number of hydrogen-bond donors (Lipinski definition) is 1. The first-order valence-electron chi connectivity index (χ1n) is 6.34. The fourth-order valence-electron chi connectivity index (χ4n) is 2.21. The zero-order valence-corrected chi connectivity index (χ0v) is 10.7. The van der Waals surface area contributed by atoms with Crippen LogP contribution < -0.4 is 5.32 Å². The van der Waals surface area contributed by atoms with Crippen LogP contribution in [0.15, 0.2) is 30.3 Å². The monoisotopic (exact) mass is 234 g/mol. The Bertz CT molecular complexity index is 328. The van der Waals surface area contributed by atoms with Crippen LogP contribution in [0.2, 0.25) is 0 Å². The van der Waals surface area contributed by atoms with E-state index in [9.17, 15) is 0 Å². The molecule has 0 aliphatic carbocycles. The van der Waals surface area contributed by atoms with Crippen molar-refractivity contribution >= 4 is 0 Å². The molecule has 2 atom stereocenters. The fraction of sp³-hybridized carbons (Fsp3) is 0.571. The van der Waals surface area contributed by atoms with E-state index in [4.69, 9.17) is 4.74 Å². The van der Waals surface area contributed by atoms with Crippen LogP contribution in [0.3, 0.4) is 0 Å². The largest absolute Gasteiger partial charge is 0.374 e. The van der Waals surface area contributed by atoms with Gasteiger partial charge in [0.1, 0.15) is 0 Å². The van der Waals surface area contributed by atoms with E-state index in [0.29, 0.717) is 12.1 Å². The molecule has 1 saturated heterocycles. The van der Waals surface area contributed by atoms with Crippen LogP contribution in [-0.2, 0) is 11.3 Å². The minimum Gasteiger partial charge on any atom is -0.374 e. The first-order chi connectivity index (χ1) is 8.29. The summed E-state index contributed by atoms with van der Waals surface area (Å²) in [6.45, 7) is 6.08. The molecule has 0 bridgehead atoms. The third-order valence-corrected chi connectivity index (χ3v) is 3.44. The Labute approximate surface area is 104 Å². The van der Waals surface area contributed by atoms with Crippen LogP contribution in [0.1, 0.15) is 12.5 Å². The number of morpholine rings is 1. The van der Waals surface area contributed by atoms with Crippen molar-refractivity contribution in [2.24, 2.45) is 0 Å². The molecule has 3 nitrogen and oxygen atoms in total. The highest BCUT2D eigenvalue weighted by molar-refractivity contribution is 5.14. The van der Waals surface area contributed by atoms with E-state index < -0.39 is 0 Å². The van der Waals surface area contributed by atoms with E-state index in [1.165, 1.54) is 5.56 Å². The molecule has 94 valence electrons. The summed E-state index contributed by atoms with van der Waals surface area (Å²) in [4.78, 5) is 2.47. The average Bonchev–Trinajstić information content (AvgIpc) is 2.39. The molecule has 0 unspecified atom stereocenters. The van der Waals surface area contributed by atoms with Crippen molar-refractivity contribution in [3.05, 3.63) is 35.9 Å². The van der Waals surface area contributed by atoms with Crippen LogP contribution in [0.25, 0.3) is 0 Å². The van der Waals surface area contributed by atoms with Gasteiger partial charge in [-0.3, -0.25) is 4.90 Å². The maximum atomic E-state index is 5.79. The van der Waals surface area contributed by atoms with E-state index in [0.717, 1.165) is 26.2 Å². The molecule has 1 aliphatic heterocycles. The van der Waals surface area contributed by atoms with Crippen LogP contribution in [0, 0.1) is 0 Å². The number of rotatable bonds is 4. The number of nitrogens with one attached hydrogen (secondary N) is 1. The smallest absolute Gasteiger partial charge is 0.0852 e. The second-order valence-corrected chi connectivity index (χ2v) is 4.71. The Morgan fingerprint density at radius 1 is 1.41 bits per heavy atom. The molecular formula is C14H22N2O. The van der Waals surface area contributed by atoms with E-state index in [1.54, 1.807) is 0 Å². The van der Waals surface area contributed by atoms with E-state index >= 15 is 0 Å². The van der Waals surface area contributed by atoms with Gasteiger partial charge < -0.3 is 10.1 Å². The first kappa shape index (κ1) is 12.6.